The van der Waals surface area contributed by atoms with Gasteiger partial charge < -0.3 is 10.4 Å². The summed E-state index contributed by atoms with van der Waals surface area (Å²) in [5, 5.41) is 11.9. The van der Waals surface area contributed by atoms with E-state index in [1.165, 1.54) is 13.0 Å². The fourth-order valence-corrected chi connectivity index (χ4v) is 2.90. The van der Waals surface area contributed by atoms with Crippen molar-refractivity contribution >= 4 is 27.3 Å². The van der Waals surface area contributed by atoms with E-state index in [-0.39, 0.29) is 17.1 Å². The van der Waals surface area contributed by atoms with E-state index in [0.717, 1.165) is 24.3 Å². The molecule has 2 aromatic rings. The molecular weight excluding hydrogens is 330 g/mol. The summed E-state index contributed by atoms with van der Waals surface area (Å²) in [5.74, 6) is -2.88. The number of rotatable bonds is 4. The Morgan fingerprint density at radius 3 is 2.43 bits per heavy atom. The van der Waals surface area contributed by atoms with Crippen LogP contribution in [0.4, 0.5) is 20.2 Å². The standard InChI is InChI=1S/C14H12F2N2O4S/c1-8(19)17-12-7-10(3-4-13(12)20)18-23(21,22)14-5-2-9(15)6-11(14)16/h2-7,18,20H,1H3,(H,17,19). The summed E-state index contributed by atoms with van der Waals surface area (Å²) < 4.78 is 52.8. The Morgan fingerprint density at radius 1 is 1.13 bits per heavy atom. The molecule has 0 spiro atoms. The monoisotopic (exact) mass is 342 g/mol. The number of aromatic hydroxyl groups is 1. The zero-order valence-electron chi connectivity index (χ0n) is 11.8. The van der Waals surface area contributed by atoms with Gasteiger partial charge in [0.2, 0.25) is 5.91 Å². The van der Waals surface area contributed by atoms with Crippen molar-refractivity contribution in [2.75, 3.05) is 10.0 Å². The van der Waals surface area contributed by atoms with Gasteiger partial charge >= 0.3 is 0 Å². The highest BCUT2D eigenvalue weighted by Crippen LogP contribution is 2.28. The maximum atomic E-state index is 13.6. The van der Waals surface area contributed by atoms with Gasteiger partial charge in [-0.1, -0.05) is 0 Å². The van der Waals surface area contributed by atoms with Crippen molar-refractivity contribution in [2.24, 2.45) is 0 Å². The average Bonchev–Trinajstić information content (AvgIpc) is 2.41. The lowest BCUT2D eigenvalue weighted by Crippen LogP contribution is -2.15. The summed E-state index contributed by atoms with van der Waals surface area (Å²) in [6, 6.07) is 5.60. The molecule has 6 nitrogen and oxygen atoms in total. The zero-order chi connectivity index (χ0) is 17.2. The maximum Gasteiger partial charge on any atom is 0.264 e. The molecule has 0 heterocycles. The molecule has 0 bridgehead atoms. The summed E-state index contributed by atoms with van der Waals surface area (Å²) in [5.41, 5.74) is -0.0347. The number of anilines is 2. The van der Waals surface area contributed by atoms with Gasteiger partial charge in [0.15, 0.2) is 0 Å². The molecule has 3 N–H and O–H groups in total. The lowest BCUT2D eigenvalue weighted by Gasteiger charge is -2.11. The zero-order valence-corrected chi connectivity index (χ0v) is 12.6. The van der Waals surface area contributed by atoms with Crippen molar-refractivity contribution in [2.45, 2.75) is 11.8 Å². The summed E-state index contributed by atoms with van der Waals surface area (Å²) >= 11 is 0. The van der Waals surface area contributed by atoms with Gasteiger partial charge in [0.25, 0.3) is 10.0 Å². The summed E-state index contributed by atoms with van der Waals surface area (Å²) in [7, 11) is -4.30. The quantitative estimate of drug-likeness (QED) is 0.587. The van der Waals surface area contributed by atoms with E-state index >= 15 is 0 Å². The Kier molecular flexibility index (Phi) is 4.50. The van der Waals surface area contributed by atoms with E-state index < -0.39 is 32.5 Å². The van der Waals surface area contributed by atoms with E-state index in [1.54, 1.807) is 0 Å². The van der Waals surface area contributed by atoms with Crippen molar-refractivity contribution in [3.63, 3.8) is 0 Å². The SMILES string of the molecule is CC(=O)Nc1cc(NS(=O)(=O)c2ccc(F)cc2F)ccc1O. The largest absolute Gasteiger partial charge is 0.506 e. The van der Waals surface area contributed by atoms with Crippen LogP contribution in [0.1, 0.15) is 6.92 Å². The third-order valence-corrected chi connectivity index (χ3v) is 4.16. The van der Waals surface area contributed by atoms with Crippen LogP contribution in [-0.2, 0) is 14.8 Å². The average molecular weight is 342 g/mol. The molecule has 0 fully saturated rings. The number of nitrogens with one attached hydrogen (secondary N) is 2. The van der Waals surface area contributed by atoms with Crippen LogP contribution < -0.4 is 10.0 Å². The highest BCUT2D eigenvalue weighted by Gasteiger charge is 2.20. The van der Waals surface area contributed by atoms with Crippen LogP contribution in [0.5, 0.6) is 5.75 Å². The normalized spacial score (nSPS) is 11.1. The molecule has 122 valence electrons. The predicted octanol–water partition coefficient (Wildman–Crippen LogP) is 2.43. The fraction of sp³-hybridized carbons (Fsp3) is 0.0714. The number of sulfonamides is 1. The topological polar surface area (TPSA) is 95.5 Å². The first-order chi connectivity index (χ1) is 10.7. The minimum atomic E-state index is -4.30. The second-order valence-corrected chi connectivity index (χ2v) is 6.24. The molecule has 0 atom stereocenters. The molecule has 0 aliphatic carbocycles. The lowest BCUT2D eigenvalue weighted by molar-refractivity contribution is -0.114. The summed E-state index contributed by atoms with van der Waals surface area (Å²) in [6.07, 6.45) is 0. The molecule has 0 unspecified atom stereocenters. The predicted molar refractivity (Wildman–Crippen MR) is 79.6 cm³/mol. The maximum absolute atomic E-state index is 13.6. The molecule has 9 heteroatoms. The van der Waals surface area contributed by atoms with Gasteiger partial charge in [-0.15, -0.1) is 0 Å². The van der Waals surface area contributed by atoms with Gasteiger partial charge in [-0.3, -0.25) is 9.52 Å². The lowest BCUT2D eigenvalue weighted by atomic mass is 10.2. The summed E-state index contributed by atoms with van der Waals surface area (Å²) in [4.78, 5) is 10.3. The van der Waals surface area contributed by atoms with Gasteiger partial charge in [-0.2, -0.15) is 0 Å². The van der Waals surface area contributed by atoms with E-state index in [2.05, 4.69) is 10.0 Å². The minimum Gasteiger partial charge on any atom is -0.506 e. The van der Waals surface area contributed by atoms with Crippen LogP contribution in [0, 0.1) is 11.6 Å². The van der Waals surface area contributed by atoms with E-state index in [4.69, 9.17) is 0 Å². The second-order valence-electron chi connectivity index (χ2n) is 4.59. The number of halogens is 2. The van der Waals surface area contributed by atoms with Gasteiger partial charge in [-0.05, 0) is 30.3 Å². The second kappa shape index (κ2) is 6.21. The molecule has 0 aliphatic rings. The number of carbonyl (C=O) groups excluding carboxylic acids is 1. The molecule has 0 radical (unpaired) electrons. The minimum absolute atomic E-state index is 0.0164. The third-order valence-electron chi connectivity index (χ3n) is 2.74. The number of phenols is 1. The molecule has 2 rings (SSSR count). The van der Waals surface area contributed by atoms with Gasteiger partial charge in [-0.25, -0.2) is 17.2 Å². The highest BCUT2D eigenvalue weighted by molar-refractivity contribution is 7.92. The van der Waals surface area contributed by atoms with Crippen LogP contribution in [0.3, 0.4) is 0 Å². The first-order valence-electron chi connectivity index (χ1n) is 6.27. The molecule has 23 heavy (non-hydrogen) atoms. The van der Waals surface area contributed by atoms with Crippen molar-refractivity contribution in [1.29, 1.82) is 0 Å². The molecule has 1 amide bonds. The third kappa shape index (κ3) is 3.95. The highest BCUT2D eigenvalue weighted by atomic mass is 32.2. The molecule has 0 saturated carbocycles. The Morgan fingerprint density at radius 2 is 1.83 bits per heavy atom. The first-order valence-corrected chi connectivity index (χ1v) is 7.76. The van der Waals surface area contributed by atoms with Crippen molar-refractivity contribution in [3.05, 3.63) is 48.0 Å². The van der Waals surface area contributed by atoms with Crippen LogP contribution in [0.2, 0.25) is 0 Å². The molecular formula is C14H12F2N2O4S. The Balaban J connectivity index is 2.35. The first kappa shape index (κ1) is 16.7. The number of benzene rings is 2. The van der Waals surface area contributed by atoms with Gasteiger partial charge in [0, 0.05) is 13.0 Å². The Hall–Kier alpha value is -2.68. The molecule has 2 aromatic carbocycles. The van der Waals surface area contributed by atoms with Gasteiger partial charge in [0.1, 0.15) is 22.3 Å². The van der Waals surface area contributed by atoms with Crippen LogP contribution in [0.25, 0.3) is 0 Å². The summed E-state index contributed by atoms with van der Waals surface area (Å²) in [6.45, 7) is 1.21. The number of phenolic OH excluding ortho intramolecular Hbond substituents is 1. The van der Waals surface area contributed by atoms with Crippen LogP contribution in [0.15, 0.2) is 41.3 Å². The number of hydrogen-bond acceptors (Lipinski definition) is 4. The van der Waals surface area contributed by atoms with E-state index in [9.17, 15) is 27.1 Å². The molecule has 0 saturated heterocycles. The smallest absolute Gasteiger partial charge is 0.264 e. The Bertz CT molecular complexity index is 869. The van der Waals surface area contributed by atoms with E-state index in [1.807, 2.05) is 0 Å². The van der Waals surface area contributed by atoms with Crippen molar-refractivity contribution < 1.29 is 27.1 Å². The van der Waals surface area contributed by atoms with Crippen LogP contribution in [-0.4, -0.2) is 19.4 Å². The number of hydrogen-bond donors (Lipinski definition) is 3. The van der Waals surface area contributed by atoms with Crippen molar-refractivity contribution in [3.8, 4) is 5.75 Å². The molecule has 0 aromatic heterocycles. The molecule has 0 aliphatic heterocycles. The fourth-order valence-electron chi connectivity index (χ4n) is 1.79. The van der Waals surface area contributed by atoms with E-state index in [0.29, 0.717) is 6.07 Å². The van der Waals surface area contributed by atoms with Crippen molar-refractivity contribution in [1.82, 2.24) is 0 Å². The number of amides is 1. The van der Waals surface area contributed by atoms with Gasteiger partial charge in [0.05, 0.1) is 11.4 Å². The van der Waals surface area contributed by atoms with Crippen LogP contribution >= 0.6 is 0 Å². The Labute approximate surface area is 130 Å². The number of carbonyl (C=O) groups is 1.